The van der Waals surface area contributed by atoms with Gasteiger partial charge >= 0.3 is 5.97 Å². The van der Waals surface area contributed by atoms with Crippen LogP contribution in [-0.2, 0) is 16.1 Å². The third kappa shape index (κ3) is 7.34. The van der Waals surface area contributed by atoms with E-state index in [4.69, 9.17) is 4.74 Å². The molecule has 0 atom stereocenters. The van der Waals surface area contributed by atoms with Crippen LogP contribution in [-0.4, -0.2) is 44.1 Å². The zero-order chi connectivity index (χ0) is 15.5. The van der Waals surface area contributed by atoms with Crippen molar-refractivity contribution in [3.8, 4) is 0 Å². The van der Waals surface area contributed by atoms with Crippen LogP contribution in [0, 0.1) is 0 Å². The van der Waals surface area contributed by atoms with Gasteiger partial charge in [0, 0.05) is 27.1 Å². The molecule has 116 valence electrons. The van der Waals surface area contributed by atoms with E-state index >= 15 is 0 Å². The monoisotopic (exact) mass is 291 g/mol. The highest BCUT2D eigenvalue weighted by Gasteiger charge is 2.04. The molecular weight excluding hydrogens is 266 g/mol. The summed E-state index contributed by atoms with van der Waals surface area (Å²) >= 11 is 0. The molecule has 0 radical (unpaired) electrons. The molecule has 5 heteroatoms. The first-order valence-electron chi connectivity index (χ1n) is 7.28. The number of hydrogen-bond donors (Lipinski definition) is 1. The fourth-order valence-corrected chi connectivity index (χ4v) is 1.77. The molecule has 0 saturated heterocycles. The van der Waals surface area contributed by atoms with Gasteiger partial charge in [0.05, 0.1) is 13.2 Å². The summed E-state index contributed by atoms with van der Waals surface area (Å²) in [6.07, 6.45) is 1.16. The lowest BCUT2D eigenvalue weighted by atomic mass is 10.2. The Morgan fingerprint density at radius 1 is 1.29 bits per heavy atom. The quantitative estimate of drug-likeness (QED) is 0.361. The standard InChI is InChI=1S/C16H25N3O2/c1-4-21-15(20)11-8-12-17-16(19(2)3)18-13-14-9-6-5-7-10-14/h5-7,9-10H,4,8,11-13H2,1-3H3,(H,17,18). The lowest BCUT2D eigenvalue weighted by Crippen LogP contribution is -2.37. The maximum atomic E-state index is 11.2. The lowest BCUT2D eigenvalue weighted by molar-refractivity contribution is -0.143. The van der Waals surface area contributed by atoms with Gasteiger partial charge in [-0.05, 0) is 18.9 Å². The van der Waals surface area contributed by atoms with Gasteiger partial charge in [-0.1, -0.05) is 30.3 Å². The van der Waals surface area contributed by atoms with Crippen LogP contribution in [0.4, 0.5) is 0 Å². The molecule has 21 heavy (non-hydrogen) atoms. The molecule has 1 rings (SSSR count). The van der Waals surface area contributed by atoms with Crippen molar-refractivity contribution < 1.29 is 9.53 Å². The molecule has 1 N–H and O–H groups in total. The van der Waals surface area contributed by atoms with Gasteiger partial charge in [-0.2, -0.15) is 0 Å². The molecule has 0 saturated carbocycles. The summed E-state index contributed by atoms with van der Waals surface area (Å²) < 4.78 is 4.89. The number of hydrogen-bond acceptors (Lipinski definition) is 3. The van der Waals surface area contributed by atoms with Crippen LogP contribution in [0.2, 0.25) is 0 Å². The molecular formula is C16H25N3O2. The zero-order valence-corrected chi connectivity index (χ0v) is 13.1. The van der Waals surface area contributed by atoms with Crippen LogP contribution in [0.15, 0.2) is 35.3 Å². The van der Waals surface area contributed by atoms with Crippen molar-refractivity contribution in [2.45, 2.75) is 26.3 Å². The highest BCUT2D eigenvalue weighted by atomic mass is 16.5. The molecule has 0 fully saturated rings. The number of aliphatic imine (C=N–C) groups is 1. The second-order valence-corrected chi connectivity index (χ2v) is 4.86. The first-order chi connectivity index (χ1) is 10.1. The van der Waals surface area contributed by atoms with E-state index < -0.39 is 0 Å². The Hall–Kier alpha value is -2.04. The third-order valence-electron chi connectivity index (χ3n) is 2.82. The maximum absolute atomic E-state index is 11.2. The summed E-state index contributed by atoms with van der Waals surface area (Å²) in [6.45, 7) is 3.59. The molecule has 0 amide bonds. The molecule has 0 aliphatic carbocycles. The number of esters is 1. The number of rotatable bonds is 7. The number of carbonyl (C=O) groups excluding carboxylic acids is 1. The van der Waals surface area contributed by atoms with Gasteiger partial charge in [0.15, 0.2) is 5.96 Å². The Labute approximate surface area is 127 Å². The van der Waals surface area contributed by atoms with Gasteiger partial charge in [0.1, 0.15) is 0 Å². The first-order valence-corrected chi connectivity index (χ1v) is 7.28. The fraction of sp³-hybridized carbons (Fsp3) is 0.500. The van der Waals surface area contributed by atoms with Crippen LogP contribution in [0.1, 0.15) is 25.3 Å². The summed E-state index contributed by atoms with van der Waals surface area (Å²) in [5.74, 6) is 0.676. The zero-order valence-electron chi connectivity index (χ0n) is 13.1. The van der Waals surface area contributed by atoms with E-state index in [0.717, 1.165) is 12.4 Å². The van der Waals surface area contributed by atoms with E-state index in [2.05, 4.69) is 22.4 Å². The van der Waals surface area contributed by atoms with Crippen LogP contribution in [0.3, 0.4) is 0 Å². The summed E-state index contributed by atoms with van der Waals surface area (Å²) in [4.78, 5) is 17.7. The Balaban J connectivity index is 2.38. The van der Waals surface area contributed by atoms with Crippen molar-refractivity contribution in [3.63, 3.8) is 0 Å². The minimum atomic E-state index is -0.146. The van der Waals surface area contributed by atoms with E-state index in [0.29, 0.717) is 26.1 Å². The van der Waals surface area contributed by atoms with E-state index in [1.54, 1.807) is 0 Å². The second-order valence-electron chi connectivity index (χ2n) is 4.86. The van der Waals surface area contributed by atoms with Gasteiger partial charge in [-0.25, -0.2) is 4.99 Å². The summed E-state index contributed by atoms with van der Waals surface area (Å²) in [5, 5.41) is 3.26. The predicted octanol–water partition coefficient (Wildman–Crippen LogP) is 2.04. The smallest absolute Gasteiger partial charge is 0.305 e. The van der Waals surface area contributed by atoms with Crippen LogP contribution < -0.4 is 5.32 Å². The maximum Gasteiger partial charge on any atom is 0.305 e. The normalized spacial score (nSPS) is 11.1. The molecule has 0 unspecified atom stereocenters. The number of ether oxygens (including phenoxy) is 1. The van der Waals surface area contributed by atoms with Gasteiger partial charge in [0.2, 0.25) is 0 Å². The summed E-state index contributed by atoms with van der Waals surface area (Å²) in [5.41, 5.74) is 1.17. The molecule has 0 heterocycles. The first kappa shape index (κ1) is 17.0. The second kappa shape index (κ2) is 9.80. The number of nitrogens with zero attached hydrogens (tertiary/aromatic N) is 2. The van der Waals surface area contributed by atoms with E-state index in [1.165, 1.54) is 5.56 Å². The molecule has 0 aliphatic rings. The fourth-order valence-electron chi connectivity index (χ4n) is 1.77. The number of guanidine groups is 1. The predicted molar refractivity (Wildman–Crippen MR) is 85.1 cm³/mol. The molecule has 1 aromatic carbocycles. The van der Waals surface area contributed by atoms with Crippen molar-refractivity contribution in [1.29, 1.82) is 0 Å². The van der Waals surface area contributed by atoms with Crippen molar-refractivity contribution >= 4 is 11.9 Å². The molecule has 1 aromatic rings. The highest BCUT2D eigenvalue weighted by Crippen LogP contribution is 2.00. The SMILES string of the molecule is CCOC(=O)CCCNC(=NCc1ccccc1)N(C)C. The van der Waals surface area contributed by atoms with Gasteiger partial charge in [-0.3, -0.25) is 4.79 Å². The molecule has 5 nitrogen and oxygen atoms in total. The minimum absolute atomic E-state index is 0.146. The summed E-state index contributed by atoms with van der Waals surface area (Å²) in [6, 6.07) is 10.1. The lowest BCUT2D eigenvalue weighted by Gasteiger charge is -2.17. The Kier molecular flexibility index (Phi) is 7.94. The van der Waals surface area contributed by atoms with Gasteiger partial charge in [-0.15, -0.1) is 0 Å². The largest absolute Gasteiger partial charge is 0.466 e. The van der Waals surface area contributed by atoms with Crippen molar-refractivity contribution in [1.82, 2.24) is 10.2 Å². The minimum Gasteiger partial charge on any atom is -0.466 e. The third-order valence-corrected chi connectivity index (χ3v) is 2.82. The highest BCUT2D eigenvalue weighted by molar-refractivity contribution is 5.79. The van der Waals surface area contributed by atoms with Gasteiger partial charge < -0.3 is 15.0 Å². The number of carbonyl (C=O) groups is 1. The average Bonchev–Trinajstić information content (AvgIpc) is 2.47. The Morgan fingerprint density at radius 3 is 2.62 bits per heavy atom. The topological polar surface area (TPSA) is 53.9 Å². The van der Waals surface area contributed by atoms with Crippen molar-refractivity contribution in [3.05, 3.63) is 35.9 Å². The average molecular weight is 291 g/mol. The number of nitrogens with one attached hydrogen (secondary N) is 1. The summed E-state index contributed by atoms with van der Waals surface area (Å²) in [7, 11) is 3.89. The van der Waals surface area contributed by atoms with Crippen LogP contribution >= 0.6 is 0 Å². The van der Waals surface area contributed by atoms with Crippen molar-refractivity contribution in [2.24, 2.45) is 4.99 Å². The van der Waals surface area contributed by atoms with Crippen LogP contribution in [0.25, 0.3) is 0 Å². The molecule has 0 bridgehead atoms. The molecule has 0 aliphatic heterocycles. The Bertz CT molecular complexity index is 444. The van der Waals surface area contributed by atoms with Crippen LogP contribution in [0.5, 0.6) is 0 Å². The number of benzene rings is 1. The molecule has 0 spiro atoms. The van der Waals surface area contributed by atoms with Gasteiger partial charge in [0.25, 0.3) is 0 Å². The molecule has 0 aromatic heterocycles. The van der Waals surface area contributed by atoms with E-state index in [-0.39, 0.29) is 5.97 Å². The Morgan fingerprint density at radius 2 is 2.00 bits per heavy atom. The van der Waals surface area contributed by atoms with Crippen molar-refractivity contribution in [2.75, 3.05) is 27.2 Å². The van der Waals surface area contributed by atoms with E-state index in [9.17, 15) is 4.79 Å². The van der Waals surface area contributed by atoms with E-state index in [1.807, 2.05) is 44.1 Å².